The van der Waals surface area contributed by atoms with Crippen LogP contribution in [-0.4, -0.2) is 12.0 Å². The average Bonchev–Trinajstić information content (AvgIpc) is 2.30. The summed E-state index contributed by atoms with van der Waals surface area (Å²) in [7, 11) is 0. The smallest absolute Gasteiger partial charge is 0.263 e. The Kier molecular flexibility index (Phi) is 2.54. The Morgan fingerprint density at radius 3 is 2.67 bits per heavy atom. The first kappa shape index (κ1) is 9.52. The van der Waals surface area contributed by atoms with Crippen LogP contribution in [0.2, 0.25) is 0 Å². The van der Waals surface area contributed by atoms with Gasteiger partial charge in [-0.25, -0.2) is 0 Å². The minimum absolute atomic E-state index is 0.477. The van der Waals surface area contributed by atoms with E-state index in [2.05, 4.69) is 0 Å². The number of primary amides is 1. The van der Waals surface area contributed by atoms with Gasteiger partial charge in [-0.3, -0.25) is 4.79 Å². The highest BCUT2D eigenvalue weighted by Gasteiger charge is 2.23. The summed E-state index contributed by atoms with van der Waals surface area (Å²) in [6.07, 6.45) is 4.38. The number of allylic oxidation sites excluding steroid dienone is 2. The Bertz CT molecular complexity index is 421. The number of amides is 1. The Morgan fingerprint density at radius 1 is 1.27 bits per heavy atom. The van der Waals surface area contributed by atoms with Gasteiger partial charge in [-0.05, 0) is 11.6 Å². The third kappa shape index (κ3) is 1.91. The molecule has 0 bridgehead atoms. The Hall–Kier alpha value is -2.03. The molecule has 0 aliphatic carbocycles. The highest BCUT2D eigenvalue weighted by molar-refractivity contribution is 5.94. The molecule has 0 saturated carbocycles. The molecule has 3 nitrogen and oxygen atoms in total. The van der Waals surface area contributed by atoms with Crippen molar-refractivity contribution in [2.24, 2.45) is 5.73 Å². The topological polar surface area (TPSA) is 52.3 Å². The van der Waals surface area contributed by atoms with Crippen molar-refractivity contribution in [2.45, 2.75) is 6.10 Å². The van der Waals surface area contributed by atoms with Gasteiger partial charge >= 0.3 is 0 Å². The molecule has 0 aromatic heterocycles. The van der Waals surface area contributed by atoms with E-state index in [1.807, 2.05) is 36.4 Å². The highest BCUT2D eigenvalue weighted by Crippen LogP contribution is 2.23. The molecular weight excluding hydrogens is 190 g/mol. The van der Waals surface area contributed by atoms with Crippen LogP contribution in [0.4, 0.5) is 0 Å². The predicted octanol–water partition coefficient (Wildman–Crippen LogP) is 1.47. The van der Waals surface area contributed by atoms with Gasteiger partial charge in [-0.2, -0.15) is 0 Å². The van der Waals surface area contributed by atoms with Crippen LogP contribution in [0, 0.1) is 0 Å². The van der Waals surface area contributed by atoms with Gasteiger partial charge in [0.25, 0.3) is 5.91 Å². The zero-order chi connectivity index (χ0) is 10.7. The predicted molar refractivity (Wildman–Crippen MR) is 57.6 cm³/mol. The summed E-state index contributed by atoms with van der Waals surface area (Å²) in [6, 6.07) is 9.58. The number of hydrogen-bond acceptors (Lipinski definition) is 2. The summed E-state index contributed by atoms with van der Waals surface area (Å²) in [4.78, 5) is 11.2. The van der Waals surface area contributed by atoms with Gasteiger partial charge in [0.2, 0.25) is 6.10 Å². The van der Waals surface area contributed by atoms with E-state index in [4.69, 9.17) is 10.5 Å². The molecule has 1 atom stereocenters. The van der Waals surface area contributed by atoms with Crippen LogP contribution in [0.5, 0.6) is 0 Å². The Morgan fingerprint density at radius 2 is 2.00 bits per heavy atom. The summed E-state index contributed by atoms with van der Waals surface area (Å²) in [6.45, 7) is 0. The van der Waals surface area contributed by atoms with Gasteiger partial charge in [-0.15, -0.1) is 0 Å². The van der Waals surface area contributed by atoms with E-state index in [-0.39, 0.29) is 0 Å². The number of rotatable bonds is 2. The van der Waals surface area contributed by atoms with Crippen LogP contribution in [0.25, 0.3) is 5.57 Å². The monoisotopic (exact) mass is 201 g/mol. The molecule has 0 saturated heterocycles. The lowest BCUT2D eigenvalue weighted by Crippen LogP contribution is -2.31. The van der Waals surface area contributed by atoms with Crippen molar-refractivity contribution in [2.75, 3.05) is 0 Å². The Balaban J connectivity index is 2.38. The molecule has 3 heteroatoms. The summed E-state index contributed by atoms with van der Waals surface area (Å²) >= 11 is 0. The third-order valence-corrected chi connectivity index (χ3v) is 2.22. The summed E-state index contributed by atoms with van der Waals surface area (Å²) in [5, 5.41) is 0. The van der Waals surface area contributed by atoms with Crippen molar-refractivity contribution in [1.82, 2.24) is 0 Å². The SMILES string of the molecule is NC(=O)C1OC=CC=C1c1ccccc1. The summed E-state index contributed by atoms with van der Waals surface area (Å²) in [5.74, 6) is -0.477. The fourth-order valence-electron chi connectivity index (χ4n) is 1.53. The van der Waals surface area contributed by atoms with Crippen molar-refractivity contribution in [3.05, 3.63) is 54.3 Å². The summed E-state index contributed by atoms with van der Waals surface area (Å²) < 4.78 is 5.18. The third-order valence-electron chi connectivity index (χ3n) is 2.22. The first-order valence-corrected chi connectivity index (χ1v) is 4.66. The Labute approximate surface area is 87.9 Å². The maximum atomic E-state index is 11.2. The van der Waals surface area contributed by atoms with E-state index in [1.165, 1.54) is 6.26 Å². The minimum atomic E-state index is -0.683. The van der Waals surface area contributed by atoms with Crippen LogP contribution in [0.15, 0.2) is 48.7 Å². The number of ether oxygens (including phenoxy) is 1. The zero-order valence-electron chi connectivity index (χ0n) is 8.09. The number of nitrogens with two attached hydrogens (primary N) is 1. The molecule has 0 radical (unpaired) electrons. The van der Waals surface area contributed by atoms with E-state index in [9.17, 15) is 4.79 Å². The van der Waals surface area contributed by atoms with Crippen LogP contribution in [0.1, 0.15) is 5.56 Å². The summed E-state index contributed by atoms with van der Waals surface area (Å²) in [5.41, 5.74) is 7.00. The van der Waals surface area contributed by atoms with E-state index in [0.29, 0.717) is 0 Å². The van der Waals surface area contributed by atoms with Crippen molar-refractivity contribution in [3.8, 4) is 0 Å². The minimum Gasteiger partial charge on any atom is -0.483 e. The largest absolute Gasteiger partial charge is 0.483 e. The number of carbonyl (C=O) groups excluding carboxylic acids is 1. The first-order chi connectivity index (χ1) is 7.29. The molecule has 2 N–H and O–H groups in total. The second-order valence-corrected chi connectivity index (χ2v) is 3.24. The fraction of sp³-hybridized carbons (Fsp3) is 0.0833. The second-order valence-electron chi connectivity index (χ2n) is 3.24. The fourth-order valence-corrected chi connectivity index (χ4v) is 1.53. The molecule has 1 aromatic carbocycles. The molecule has 1 amide bonds. The van der Waals surface area contributed by atoms with Gasteiger partial charge < -0.3 is 10.5 Å². The van der Waals surface area contributed by atoms with Crippen LogP contribution >= 0.6 is 0 Å². The molecule has 1 aliphatic rings. The van der Waals surface area contributed by atoms with Crippen LogP contribution in [-0.2, 0) is 9.53 Å². The lowest BCUT2D eigenvalue weighted by Gasteiger charge is -2.19. The number of carbonyl (C=O) groups is 1. The lowest BCUT2D eigenvalue weighted by atomic mass is 9.98. The molecule has 76 valence electrons. The van der Waals surface area contributed by atoms with E-state index in [0.717, 1.165) is 11.1 Å². The molecule has 1 unspecified atom stereocenters. The first-order valence-electron chi connectivity index (χ1n) is 4.66. The van der Waals surface area contributed by atoms with Crippen LogP contribution < -0.4 is 5.73 Å². The van der Waals surface area contributed by atoms with Crippen molar-refractivity contribution in [3.63, 3.8) is 0 Å². The standard InChI is InChI=1S/C12H11NO2/c13-12(14)11-10(7-4-8-15-11)9-5-2-1-3-6-9/h1-8,11H,(H2,13,14). The van der Waals surface area contributed by atoms with Crippen molar-refractivity contribution in [1.29, 1.82) is 0 Å². The lowest BCUT2D eigenvalue weighted by molar-refractivity contribution is -0.123. The number of benzene rings is 1. The van der Waals surface area contributed by atoms with E-state index >= 15 is 0 Å². The molecule has 1 heterocycles. The highest BCUT2D eigenvalue weighted by atomic mass is 16.5. The van der Waals surface area contributed by atoms with Gasteiger partial charge in [0.05, 0.1) is 6.26 Å². The normalized spacial score (nSPS) is 19.2. The molecule has 1 aromatic rings. The van der Waals surface area contributed by atoms with Crippen molar-refractivity contribution < 1.29 is 9.53 Å². The van der Waals surface area contributed by atoms with Crippen molar-refractivity contribution >= 4 is 11.5 Å². The van der Waals surface area contributed by atoms with Gasteiger partial charge in [0, 0.05) is 5.57 Å². The van der Waals surface area contributed by atoms with Crippen LogP contribution in [0.3, 0.4) is 0 Å². The maximum absolute atomic E-state index is 11.2. The molecule has 0 fully saturated rings. The maximum Gasteiger partial charge on any atom is 0.263 e. The number of hydrogen-bond donors (Lipinski definition) is 1. The molecular formula is C12H11NO2. The molecule has 2 rings (SSSR count). The quantitative estimate of drug-likeness (QED) is 0.787. The zero-order valence-corrected chi connectivity index (χ0v) is 8.09. The second kappa shape index (κ2) is 4.00. The van der Waals surface area contributed by atoms with E-state index in [1.54, 1.807) is 6.08 Å². The average molecular weight is 201 g/mol. The molecule has 0 spiro atoms. The van der Waals surface area contributed by atoms with Gasteiger partial charge in [0.1, 0.15) is 0 Å². The molecule has 15 heavy (non-hydrogen) atoms. The van der Waals surface area contributed by atoms with E-state index < -0.39 is 12.0 Å². The van der Waals surface area contributed by atoms with Gasteiger partial charge in [0.15, 0.2) is 0 Å². The van der Waals surface area contributed by atoms with Gasteiger partial charge in [-0.1, -0.05) is 36.4 Å². The molecule has 1 aliphatic heterocycles.